The Morgan fingerprint density at radius 2 is 1.94 bits per heavy atom. The molecule has 0 fully saturated rings. The third-order valence-electron chi connectivity index (χ3n) is 2.55. The van der Waals surface area contributed by atoms with Gasteiger partial charge in [0.05, 0.1) is 13.0 Å². The standard InChI is InChI=1S/C13H17ClO2/c1-4-16-13(15)7-11-5-9(2)6-12(8-14)10(11)3/h5-6H,4,7-8H2,1-3H3. The van der Waals surface area contributed by atoms with Gasteiger partial charge in [0.2, 0.25) is 0 Å². The summed E-state index contributed by atoms with van der Waals surface area (Å²) in [7, 11) is 0. The molecule has 0 aliphatic carbocycles. The third-order valence-corrected chi connectivity index (χ3v) is 2.84. The average Bonchev–Trinajstić information content (AvgIpc) is 2.23. The molecule has 1 rings (SSSR count). The summed E-state index contributed by atoms with van der Waals surface area (Å²) in [6, 6.07) is 4.07. The van der Waals surface area contributed by atoms with E-state index in [0.29, 0.717) is 18.9 Å². The summed E-state index contributed by atoms with van der Waals surface area (Å²) < 4.78 is 4.94. The maximum atomic E-state index is 11.4. The number of aryl methyl sites for hydroxylation is 1. The highest BCUT2D eigenvalue weighted by Crippen LogP contribution is 2.19. The number of esters is 1. The van der Waals surface area contributed by atoms with Gasteiger partial charge in [-0.15, -0.1) is 11.6 Å². The van der Waals surface area contributed by atoms with Gasteiger partial charge < -0.3 is 4.74 Å². The first-order chi connectivity index (χ1) is 7.58. The van der Waals surface area contributed by atoms with Crippen molar-refractivity contribution in [1.29, 1.82) is 0 Å². The van der Waals surface area contributed by atoms with E-state index in [-0.39, 0.29) is 5.97 Å². The minimum Gasteiger partial charge on any atom is -0.466 e. The van der Waals surface area contributed by atoms with Crippen molar-refractivity contribution < 1.29 is 9.53 Å². The van der Waals surface area contributed by atoms with Crippen LogP contribution in [0.4, 0.5) is 0 Å². The Balaban J connectivity index is 2.95. The van der Waals surface area contributed by atoms with Crippen molar-refractivity contribution in [1.82, 2.24) is 0 Å². The second-order valence-electron chi connectivity index (χ2n) is 3.82. The quantitative estimate of drug-likeness (QED) is 0.597. The molecule has 0 N–H and O–H groups in total. The van der Waals surface area contributed by atoms with Gasteiger partial charge >= 0.3 is 5.97 Å². The summed E-state index contributed by atoms with van der Waals surface area (Å²) in [5.41, 5.74) is 4.31. The Morgan fingerprint density at radius 1 is 1.31 bits per heavy atom. The molecule has 0 atom stereocenters. The zero-order chi connectivity index (χ0) is 12.1. The molecule has 0 spiro atoms. The highest BCUT2D eigenvalue weighted by atomic mass is 35.5. The van der Waals surface area contributed by atoms with Crippen LogP contribution >= 0.6 is 11.6 Å². The van der Waals surface area contributed by atoms with Gasteiger partial charge in [-0.05, 0) is 37.5 Å². The Morgan fingerprint density at radius 3 is 2.50 bits per heavy atom. The summed E-state index contributed by atoms with van der Waals surface area (Å²) in [6.07, 6.45) is 0.325. The van der Waals surface area contributed by atoms with Gasteiger partial charge in [0.1, 0.15) is 0 Å². The monoisotopic (exact) mass is 240 g/mol. The summed E-state index contributed by atoms with van der Waals surface area (Å²) >= 11 is 5.86. The highest BCUT2D eigenvalue weighted by molar-refractivity contribution is 6.17. The zero-order valence-corrected chi connectivity index (χ0v) is 10.7. The normalized spacial score (nSPS) is 10.2. The Bertz CT molecular complexity index is 386. The summed E-state index contributed by atoms with van der Waals surface area (Å²) in [5.74, 6) is 0.292. The fourth-order valence-corrected chi connectivity index (χ4v) is 1.98. The second-order valence-corrected chi connectivity index (χ2v) is 4.09. The lowest BCUT2D eigenvalue weighted by atomic mass is 9.98. The molecule has 0 aliphatic rings. The Hall–Kier alpha value is -1.02. The molecule has 0 heterocycles. The molecular weight excluding hydrogens is 224 g/mol. The first kappa shape index (κ1) is 13.0. The smallest absolute Gasteiger partial charge is 0.310 e. The predicted molar refractivity (Wildman–Crippen MR) is 65.8 cm³/mol. The van der Waals surface area contributed by atoms with E-state index in [1.54, 1.807) is 0 Å². The van der Waals surface area contributed by atoms with Gasteiger partial charge in [0.15, 0.2) is 0 Å². The minimum absolute atomic E-state index is 0.184. The number of halogens is 1. The van der Waals surface area contributed by atoms with Crippen LogP contribution in [-0.4, -0.2) is 12.6 Å². The summed E-state index contributed by atoms with van der Waals surface area (Å²) in [5, 5.41) is 0. The molecular formula is C13H17ClO2. The predicted octanol–water partition coefficient (Wildman–Crippen LogP) is 3.15. The van der Waals surface area contributed by atoms with Crippen molar-refractivity contribution in [2.24, 2.45) is 0 Å². The fourth-order valence-electron chi connectivity index (χ4n) is 1.70. The van der Waals surface area contributed by atoms with Crippen LogP contribution in [0.1, 0.15) is 29.2 Å². The van der Waals surface area contributed by atoms with Crippen LogP contribution in [0.5, 0.6) is 0 Å². The van der Waals surface area contributed by atoms with Crippen LogP contribution in [0.3, 0.4) is 0 Å². The van der Waals surface area contributed by atoms with Gasteiger partial charge in [0, 0.05) is 5.88 Å². The van der Waals surface area contributed by atoms with Crippen LogP contribution < -0.4 is 0 Å². The molecule has 0 amide bonds. The van der Waals surface area contributed by atoms with E-state index in [4.69, 9.17) is 16.3 Å². The number of benzene rings is 1. The molecule has 0 saturated carbocycles. The molecule has 3 heteroatoms. The van der Waals surface area contributed by atoms with Gasteiger partial charge in [-0.25, -0.2) is 0 Å². The van der Waals surface area contributed by atoms with Gasteiger partial charge in [-0.2, -0.15) is 0 Å². The second kappa shape index (κ2) is 5.90. The molecule has 0 aromatic heterocycles. The molecule has 0 bridgehead atoms. The maximum Gasteiger partial charge on any atom is 0.310 e. The van der Waals surface area contributed by atoms with Gasteiger partial charge in [-0.1, -0.05) is 17.7 Å². The van der Waals surface area contributed by atoms with E-state index < -0.39 is 0 Å². The minimum atomic E-state index is -0.184. The van der Waals surface area contributed by atoms with Crippen molar-refractivity contribution in [3.63, 3.8) is 0 Å². The van der Waals surface area contributed by atoms with E-state index >= 15 is 0 Å². The number of hydrogen-bond acceptors (Lipinski definition) is 2. The van der Waals surface area contributed by atoms with Crippen LogP contribution in [0, 0.1) is 13.8 Å². The molecule has 0 unspecified atom stereocenters. The number of rotatable bonds is 4. The Kier molecular flexibility index (Phi) is 4.81. The molecule has 1 aromatic carbocycles. The number of carbonyl (C=O) groups is 1. The maximum absolute atomic E-state index is 11.4. The molecule has 16 heavy (non-hydrogen) atoms. The van der Waals surface area contributed by atoms with Crippen LogP contribution in [0.25, 0.3) is 0 Å². The molecule has 0 saturated heterocycles. The largest absolute Gasteiger partial charge is 0.466 e. The summed E-state index contributed by atoms with van der Waals surface area (Å²) in [4.78, 5) is 11.4. The van der Waals surface area contributed by atoms with Crippen LogP contribution in [0.15, 0.2) is 12.1 Å². The van der Waals surface area contributed by atoms with Crippen molar-refractivity contribution in [3.8, 4) is 0 Å². The van der Waals surface area contributed by atoms with Crippen molar-refractivity contribution in [3.05, 3.63) is 34.4 Å². The number of alkyl halides is 1. The number of ether oxygens (including phenoxy) is 1. The van der Waals surface area contributed by atoms with E-state index in [1.807, 2.05) is 26.8 Å². The SMILES string of the molecule is CCOC(=O)Cc1cc(C)cc(CCl)c1C. The highest BCUT2D eigenvalue weighted by Gasteiger charge is 2.10. The summed E-state index contributed by atoms with van der Waals surface area (Å²) in [6.45, 7) is 6.23. The van der Waals surface area contributed by atoms with Crippen LogP contribution in [0.2, 0.25) is 0 Å². The van der Waals surface area contributed by atoms with Crippen LogP contribution in [-0.2, 0) is 21.8 Å². The van der Waals surface area contributed by atoms with Crippen molar-refractivity contribution in [2.45, 2.75) is 33.1 Å². The van der Waals surface area contributed by atoms with E-state index in [9.17, 15) is 4.79 Å². The van der Waals surface area contributed by atoms with E-state index in [0.717, 1.165) is 22.3 Å². The third kappa shape index (κ3) is 3.24. The molecule has 0 aliphatic heterocycles. The molecule has 88 valence electrons. The molecule has 1 aromatic rings. The van der Waals surface area contributed by atoms with Gasteiger partial charge in [-0.3, -0.25) is 4.79 Å². The van der Waals surface area contributed by atoms with Crippen molar-refractivity contribution in [2.75, 3.05) is 6.61 Å². The average molecular weight is 241 g/mol. The lowest BCUT2D eigenvalue weighted by Crippen LogP contribution is -2.09. The first-order valence-electron chi connectivity index (χ1n) is 5.39. The van der Waals surface area contributed by atoms with E-state index in [2.05, 4.69) is 6.07 Å². The van der Waals surface area contributed by atoms with Crippen molar-refractivity contribution >= 4 is 17.6 Å². The lowest BCUT2D eigenvalue weighted by molar-refractivity contribution is -0.142. The van der Waals surface area contributed by atoms with Gasteiger partial charge in [0.25, 0.3) is 0 Å². The fraction of sp³-hybridized carbons (Fsp3) is 0.462. The number of hydrogen-bond donors (Lipinski definition) is 0. The zero-order valence-electron chi connectivity index (χ0n) is 9.97. The van der Waals surface area contributed by atoms with E-state index in [1.165, 1.54) is 0 Å². The Labute approximate surface area is 102 Å². The molecule has 2 nitrogen and oxygen atoms in total. The lowest BCUT2D eigenvalue weighted by Gasteiger charge is -2.11. The number of carbonyl (C=O) groups excluding carboxylic acids is 1. The topological polar surface area (TPSA) is 26.3 Å². The first-order valence-corrected chi connectivity index (χ1v) is 5.92. The molecule has 0 radical (unpaired) electrons.